The van der Waals surface area contributed by atoms with Crippen molar-refractivity contribution in [3.63, 3.8) is 0 Å². The molecule has 0 aliphatic heterocycles. The predicted octanol–water partition coefficient (Wildman–Crippen LogP) is 2.58. The number of aryl methyl sites for hydroxylation is 1. The molecule has 2 rings (SSSR count). The van der Waals surface area contributed by atoms with Crippen LogP contribution in [-0.4, -0.2) is 9.97 Å². The minimum Gasteiger partial charge on any atom is -0.437 e. The summed E-state index contributed by atoms with van der Waals surface area (Å²) >= 11 is 0. The summed E-state index contributed by atoms with van der Waals surface area (Å²) in [5.74, 6) is 1.28. The Labute approximate surface area is 82.4 Å². The minimum absolute atomic E-state index is 0.582. The van der Waals surface area contributed by atoms with Crippen LogP contribution in [0, 0.1) is 6.92 Å². The Morgan fingerprint density at radius 1 is 1.07 bits per heavy atom. The lowest BCUT2D eigenvalue weighted by molar-refractivity contribution is 0.460. The van der Waals surface area contributed by atoms with Crippen LogP contribution in [0.1, 0.15) is 5.69 Å². The third-order valence-electron chi connectivity index (χ3n) is 1.74. The lowest BCUT2D eigenvalue weighted by Crippen LogP contribution is -1.88. The molecule has 0 aliphatic rings. The molecule has 3 heteroatoms. The third kappa shape index (κ3) is 2.07. The Hall–Kier alpha value is -1.90. The monoisotopic (exact) mass is 186 g/mol. The first kappa shape index (κ1) is 8.69. The lowest BCUT2D eigenvalue weighted by Gasteiger charge is -2.02. The summed E-state index contributed by atoms with van der Waals surface area (Å²) in [6, 6.07) is 9.30. The highest BCUT2D eigenvalue weighted by atomic mass is 16.5. The van der Waals surface area contributed by atoms with Gasteiger partial charge in [0.2, 0.25) is 5.88 Å². The number of ether oxygens (including phenoxy) is 1. The second kappa shape index (κ2) is 3.87. The van der Waals surface area contributed by atoms with Gasteiger partial charge in [-0.3, -0.25) is 4.98 Å². The van der Waals surface area contributed by atoms with Crippen molar-refractivity contribution >= 4 is 0 Å². The van der Waals surface area contributed by atoms with Crippen molar-refractivity contribution in [2.45, 2.75) is 6.92 Å². The molecule has 0 saturated heterocycles. The fraction of sp³-hybridized carbons (Fsp3) is 0.0909. The zero-order chi connectivity index (χ0) is 9.80. The van der Waals surface area contributed by atoms with Gasteiger partial charge >= 0.3 is 0 Å². The van der Waals surface area contributed by atoms with E-state index >= 15 is 0 Å². The first-order valence-electron chi connectivity index (χ1n) is 4.36. The van der Waals surface area contributed by atoms with Crippen LogP contribution in [0.2, 0.25) is 0 Å². The molecule has 0 aromatic carbocycles. The van der Waals surface area contributed by atoms with E-state index in [0.717, 1.165) is 5.69 Å². The summed E-state index contributed by atoms with van der Waals surface area (Å²) in [6.07, 6.45) is 3.38. The van der Waals surface area contributed by atoms with E-state index in [4.69, 9.17) is 4.74 Å². The number of aromatic nitrogens is 2. The molecule has 0 N–H and O–H groups in total. The van der Waals surface area contributed by atoms with Gasteiger partial charge in [0, 0.05) is 18.0 Å². The second-order valence-electron chi connectivity index (χ2n) is 2.91. The van der Waals surface area contributed by atoms with Gasteiger partial charge < -0.3 is 4.74 Å². The van der Waals surface area contributed by atoms with E-state index in [1.807, 2.05) is 31.2 Å². The minimum atomic E-state index is 0.582. The zero-order valence-electron chi connectivity index (χ0n) is 7.84. The highest BCUT2D eigenvalue weighted by Gasteiger charge is 1.96. The standard InChI is InChI=1S/C11H10N2O/c1-9-5-6-10(8-13-9)14-11-4-2-3-7-12-11/h2-8H,1H3. The highest BCUT2D eigenvalue weighted by Crippen LogP contribution is 2.16. The molecule has 0 radical (unpaired) electrons. The first-order chi connectivity index (χ1) is 6.84. The molecule has 2 heterocycles. The Kier molecular flexibility index (Phi) is 2.40. The summed E-state index contributed by atoms with van der Waals surface area (Å²) in [5, 5.41) is 0. The molecule has 0 fully saturated rings. The highest BCUT2D eigenvalue weighted by molar-refractivity contribution is 5.24. The van der Waals surface area contributed by atoms with Crippen LogP contribution in [-0.2, 0) is 0 Å². The van der Waals surface area contributed by atoms with Crippen molar-refractivity contribution in [1.82, 2.24) is 9.97 Å². The van der Waals surface area contributed by atoms with Gasteiger partial charge in [0.05, 0.1) is 6.20 Å². The average molecular weight is 186 g/mol. The van der Waals surface area contributed by atoms with Gasteiger partial charge in [-0.25, -0.2) is 4.98 Å². The van der Waals surface area contributed by atoms with E-state index in [1.165, 1.54) is 0 Å². The molecule has 0 atom stereocenters. The van der Waals surface area contributed by atoms with Gasteiger partial charge in [-0.1, -0.05) is 6.07 Å². The van der Waals surface area contributed by atoms with Gasteiger partial charge in [0.1, 0.15) is 5.75 Å². The maximum absolute atomic E-state index is 5.46. The van der Waals surface area contributed by atoms with Gasteiger partial charge in [0.25, 0.3) is 0 Å². The fourth-order valence-electron chi connectivity index (χ4n) is 1.04. The number of rotatable bonds is 2. The van der Waals surface area contributed by atoms with Crippen LogP contribution < -0.4 is 4.74 Å². The van der Waals surface area contributed by atoms with Gasteiger partial charge in [-0.15, -0.1) is 0 Å². The molecule has 3 nitrogen and oxygen atoms in total. The largest absolute Gasteiger partial charge is 0.437 e. The van der Waals surface area contributed by atoms with E-state index in [0.29, 0.717) is 11.6 Å². The summed E-state index contributed by atoms with van der Waals surface area (Å²) in [5.41, 5.74) is 0.971. The average Bonchev–Trinajstić information content (AvgIpc) is 2.23. The molecule has 0 amide bonds. The van der Waals surface area contributed by atoms with Crippen molar-refractivity contribution in [3.05, 3.63) is 48.4 Å². The van der Waals surface area contributed by atoms with Crippen molar-refractivity contribution in [2.75, 3.05) is 0 Å². The van der Waals surface area contributed by atoms with Crippen LogP contribution in [0.25, 0.3) is 0 Å². The third-order valence-corrected chi connectivity index (χ3v) is 1.74. The molecule has 2 aromatic heterocycles. The van der Waals surface area contributed by atoms with Crippen LogP contribution in [0.15, 0.2) is 42.7 Å². The maximum Gasteiger partial charge on any atom is 0.219 e. The summed E-state index contributed by atoms with van der Waals surface area (Å²) in [7, 11) is 0. The molecule has 70 valence electrons. The second-order valence-corrected chi connectivity index (χ2v) is 2.91. The lowest BCUT2D eigenvalue weighted by atomic mass is 10.4. The zero-order valence-corrected chi connectivity index (χ0v) is 7.84. The fourth-order valence-corrected chi connectivity index (χ4v) is 1.04. The van der Waals surface area contributed by atoms with Crippen molar-refractivity contribution in [3.8, 4) is 11.6 Å². The molecule has 0 spiro atoms. The van der Waals surface area contributed by atoms with E-state index in [2.05, 4.69) is 9.97 Å². The summed E-state index contributed by atoms with van der Waals surface area (Å²) in [4.78, 5) is 8.17. The normalized spacial score (nSPS) is 9.79. The van der Waals surface area contributed by atoms with E-state index in [9.17, 15) is 0 Å². The van der Waals surface area contributed by atoms with Crippen LogP contribution >= 0.6 is 0 Å². The van der Waals surface area contributed by atoms with E-state index < -0.39 is 0 Å². The van der Waals surface area contributed by atoms with Gasteiger partial charge in [0.15, 0.2) is 0 Å². The molecular weight excluding hydrogens is 176 g/mol. The summed E-state index contributed by atoms with van der Waals surface area (Å²) < 4.78 is 5.46. The number of hydrogen-bond donors (Lipinski definition) is 0. The SMILES string of the molecule is Cc1ccc(Oc2ccccn2)cn1. The van der Waals surface area contributed by atoms with Crippen molar-refractivity contribution in [2.24, 2.45) is 0 Å². The quantitative estimate of drug-likeness (QED) is 0.723. The van der Waals surface area contributed by atoms with Crippen molar-refractivity contribution in [1.29, 1.82) is 0 Å². The molecule has 2 aromatic rings. The maximum atomic E-state index is 5.46. The molecule has 0 aliphatic carbocycles. The molecule has 14 heavy (non-hydrogen) atoms. The van der Waals surface area contributed by atoms with Crippen LogP contribution in [0.3, 0.4) is 0 Å². The molecule has 0 unspecified atom stereocenters. The van der Waals surface area contributed by atoms with Crippen LogP contribution in [0.4, 0.5) is 0 Å². The number of nitrogens with zero attached hydrogens (tertiary/aromatic N) is 2. The Morgan fingerprint density at radius 2 is 2.00 bits per heavy atom. The molecular formula is C11H10N2O. The topological polar surface area (TPSA) is 35.0 Å². The first-order valence-corrected chi connectivity index (χ1v) is 4.36. The predicted molar refractivity (Wildman–Crippen MR) is 53.3 cm³/mol. The van der Waals surface area contributed by atoms with Gasteiger partial charge in [-0.2, -0.15) is 0 Å². The number of hydrogen-bond acceptors (Lipinski definition) is 3. The van der Waals surface area contributed by atoms with Crippen LogP contribution in [0.5, 0.6) is 11.6 Å². The van der Waals surface area contributed by atoms with Crippen molar-refractivity contribution < 1.29 is 4.74 Å². The molecule has 0 saturated carbocycles. The van der Waals surface area contributed by atoms with Gasteiger partial charge in [-0.05, 0) is 25.1 Å². The number of pyridine rings is 2. The Morgan fingerprint density at radius 3 is 2.64 bits per heavy atom. The van der Waals surface area contributed by atoms with E-state index in [1.54, 1.807) is 18.5 Å². The Balaban J connectivity index is 2.16. The molecule has 0 bridgehead atoms. The smallest absolute Gasteiger partial charge is 0.219 e. The Bertz CT molecular complexity index is 397. The van der Waals surface area contributed by atoms with E-state index in [-0.39, 0.29) is 0 Å². The summed E-state index contributed by atoms with van der Waals surface area (Å²) in [6.45, 7) is 1.94.